The topological polar surface area (TPSA) is 46.5 Å². The summed E-state index contributed by atoms with van der Waals surface area (Å²) < 4.78 is 17.5. The van der Waals surface area contributed by atoms with Crippen molar-refractivity contribution < 1.29 is 19.0 Å². The van der Waals surface area contributed by atoms with Crippen molar-refractivity contribution >= 4 is 5.97 Å². The molecular formula is C9H9FO3. The van der Waals surface area contributed by atoms with Gasteiger partial charge in [-0.1, -0.05) is 6.07 Å². The summed E-state index contributed by atoms with van der Waals surface area (Å²) in [7, 11) is 0. The Morgan fingerprint density at radius 2 is 2.31 bits per heavy atom. The summed E-state index contributed by atoms with van der Waals surface area (Å²) in [6, 6.07) is 5.36. The SMILES string of the molecule is C[C@@H](Oc1cccc(F)c1)C(=O)O. The molecule has 0 saturated heterocycles. The molecule has 0 radical (unpaired) electrons. The average molecular weight is 184 g/mol. The van der Waals surface area contributed by atoms with E-state index in [1.54, 1.807) is 0 Å². The van der Waals surface area contributed by atoms with Gasteiger partial charge in [-0.2, -0.15) is 0 Å². The van der Waals surface area contributed by atoms with E-state index in [0.29, 0.717) is 0 Å². The molecule has 0 bridgehead atoms. The molecule has 70 valence electrons. The second kappa shape index (κ2) is 3.89. The van der Waals surface area contributed by atoms with Gasteiger partial charge in [0.25, 0.3) is 0 Å². The van der Waals surface area contributed by atoms with Crippen LogP contribution in [0.25, 0.3) is 0 Å². The summed E-state index contributed by atoms with van der Waals surface area (Å²) in [4.78, 5) is 10.4. The Kier molecular flexibility index (Phi) is 2.84. The molecule has 0 amide bonds. The highest BCUT2D eigenvalue weighted by molar-refractivity contribution is 5.72. The molecule has 0 unspecified atom stereocenters. The van der Waals surface area contributed by atoms with Crippen molar-refractivity contribution in [3.63, 3.8) is 0 Å². The molecule has 1 atom stereocenters. The summed E-state index contributed by atoms with van der Waals surface area (Å²) >= 11 is 0. The first-order valence-corrected chi connectivity index (χ1v) is 3.74. The van der Waals surface area contributed by atoms with Gasteiger partial charge in [0.1, 0.15) is 11.6 Å². The fourth-order valence-electron chi connectivity index (χ4n) is 0.795. The number of carbonyl (C=O) groups is 1. The van der Waals surface area contributed by atoms with Crippen LogP contribution < -0.4 is 4.74 Å². The first kappa shape index (κ1) is 9.51. The second-order valence-corrected chi connectivity index (χ2v) is 2.56. The van der Waals surface area contributed by atoms with Crippen LogP contribution >= 0.6 is 0 Å². The van der Waals surface area contributed by atoms with E-state index in [4.69, 9.17) is 9.84 Å². The fourth-order valence-corrected chi connectivity index (χ4v) is 0.795. The van der Waals surface area contributed by atoms with E-state index in [2.05, 4.69) is 0 Å². The van der Waals surface area contributed by atoms with Crippen molar-refractivity contribution in [3.05, 3.63) is 30.1 Å². The third-order valence-corrected chi connectivity index (χ3v) is 1.46. The van der Waals surface area contributed by atoms with E-state index in [1.165, 1.54) is 25.1 Å². The van der Waals surface area contributed by atoms with Crippen molar-refractivity contribution in [2.75, 3.05) is 0 Å². The Labute approximate surface area is 74.8 Å². The van der Waals surface area contributed by atoms with E-state index < -0.39 is 17.9 Å². The van der Waals surface area contributed by atoms with E-state index in [1.807, 2.05) is 0 Å². The fraction of sp³-hybridized carbons (Fsp3) is 0.222. The number of halogens is 1. The maximum Gasteiger partial charge on any atom is 0.344 e. The van der Waals surface area contributed by atoms with Crippen LogP contribution in [0.5, 0.6) is 5.75 Å². The number of aliphatic carboxylic acids is 1. The zero-order valence-corrected chi connectivity index (χ0v) is 7.03. The summed E-state index contributed by atoms with van der Waals surface area (Å²) in [5.74, 6) is -1.31. The van der Waals surface area contributed by atoms with E-state index in [9.17, 15) is 9.18 Å². The highest BCUT2D eigenvalue weighted by Crippen LogP contribution is 2.13. The second-order valence-electron chi connectivity index (χ2n) is 2.56. The molecule has 3 nitrogen and oxygen atoms in total. The number of rotatable bonds is 3. The van der Waals surface area contributed by atoms with Gasteiger partial charge >= 0.3 is 5.97 Å². The molecule has 13 heavy (non-hydrogen) atoms. The van der Waals surface area contributed by atoms with Gasteiger partial charge in [0.15, 0.2) is 6.10 Å². The minimum Gasteiger partial charge on any atom is -0.479 e. The van der Waals surface area contributed by atoms with Crippen LogP contribution in [-0.4, -0.2) is 17.2 Å². The monoisotopic (exact) mass is 184 g/mol. The molecule has 0 aliphatic heterocycles. The summed E-state index contributed by atoms with van der Waals surface area (Å²) in [6.45, 7) is 1.38. The molecule has 0 aromatic heterocycles. The largest absolute Gasteiger partial charge is 0.479 e. The van der Waals surface area contributed by atoms with E-state index >= 15 is 0 Å². The molecule has 0 spiro atoms. The van der Waals surface area contributed by atoms with Gasteiger partial charge in [0.05, 0.1) is 0 Å². The number of benzene rings is 1. The van der Waals surface area contributed by atoms with Crippen LogP contribution in [0.3, 0.4) is 0 Å². The van der Waals surface area contributed by atoms with Crippen LogP contribution in [0, 0.1) is 5.82 Å². The standard InChI is InChI=1S/C9H9FO3/c1-6(9(11)12)13-8-4-2-3-7(10)5-8/h2-6H,1H3,(H,11,12)/t6-/m1/s1. The quantitative estimate of drug-likeness (QED) is 0.777. The highest BCUT2D eigenvalue weighted by atomic mass is 19.1. The van der Waals surface area contributed by atoms with Gasteiger partial charge in [-0.05, 0) is 19.1 Å². The predicted molar refractivity (Wildman–Crippen MR) is 44.1 cm³/mol. The van der Waals surface area contributed by atoms with Gasteiger partial charge < -0.3 is 9.84 Å². The first-order valence-electron chi connectivity index (χ1n) is 3.74. The van der Waals surface area contributed by atoms with Crippen molar-refractivity contribution in [2.24, 2.45) is 0 Å². The zero-order valence-electron chi connectivity index (χ0n) is 7.03. The smallest absolute Gasteiger partial charge is 0.344 e. The number of carboxylic acid groups (broad SMARTS) is 1. The zero-order chi connectivity index (χ0) is 9.84. The van der Waals surface area contributed by atoms with Crippen LogP contribution in [0.4, 0.5) is 4.39 Å². The van der Waals surface area contributed by atoms with Crippen molar-refractivity contribution in [1.29, 1.82) is 0 Å². The molecule has 1 N–H and O–H groups in total. The Hall–Kier alpha value is -1.58. The predicted octanol–water partition coefficient (Wildman–Crippen LogP) is 1.68. The van der Waals surface area contributed by atoms with Crippen LogP contribution in [0.1, 0.15) is 6.92 Å². The summed E-state index contributed by atoms with van der Waals surface area (Å²) in [6.07, 6.45) is -0.971. The third kappa shape index (κ3) is 2.74. The number of ether oxygens (including phenoxy) is 1. The lowest BCUT2D eigenvalue weighted by molar-refractivity contribution is -0.144. The summed E-state index contributed by atoms with van der Waals surface area (Å²) in [5, 5.41) is 8.49. The van der Waals surface area contributed by atoms with Gasteiger partial charge in [-0.25, -0.2) is 9.18 Å². The first-order chi connectivity index (χ1) is 6.09. The van der Waals surface area contributed by atoms with Crippen LogP contribution in [0.15, 0.2) is 24.3 Å². The molecule has 1 aromatic carbocycles. The lowest BCUT2D eigenvalue weighted by Gasteiger charge is -2.09. The summed E-state index contributed by atoms with van der Waals surface area (Å²) in [5.41, 5.74) is 0. The highest BCUT2D eigenvalue weighted by Gasteiger charge is 2.12. The van der Waals surface area contributed by atoms with Gasteiger partial charge in [-0.3, -0.25) is 0 Å². The lowest BCUT2D eigenvalue weighted by atomic mass is 10.3. The maximum atomic E-state index is 12.6. The number of carboxylic acids is 1. The Balaban J connectivity index is 2.69. The van der Waals surface area contributed by atoms with Gasteiger partial charge in [0.2, 0.25) is 0 Å². The average Bonchev–Trinajstić information content (AvgIpc) is 2.04. The number of hydrogen-bond donors (Lipinski definition) is 1. The van der Waals surface area contributed by atoms with E-state index in [0.717, 1.165) is 6.07 Å². The molecule has 0 fully saturated rings. The molecule has 0 aliphatic carbocycles. The maximum absolute atomic E-state index is 12.6. The van der Waals surface area contributed by atoms with Gasteiger partial charge in [0, 0.05) is 6.07 Å². The normalized spacial score (nSPS) is 12.2. The van der Waals surface area contributed by atoms with Gasteiger partial charge in [-0.15, -0.1) is 0 Å². The van der Waals surface area contributed by atoms with Crippen LogP contribution in [0.2, 0.25) is 0 Å². The molecule has 1 rings (SSSR count). The third-order valence-electron chi connectivity index (χ3n) is 1.46. The molecule has 4 heteroatoms. The molecular weight excluding hydrogens is 175 g/mol. The van der Waals surface area contributed by atoms with Crippen molar-refractivity contribution in [3.8, 4) is 5.75 Å². The molecule has 1 aromatic rings. The van der Waals surface area contributed by atoms with Crippen LogP contribution in [-0.2, 0) is 4.79 Å². The Bertz CT molecular complexity index is 311. The van der Waals surface area contributed by atoms with Crippen molar-refractivity contribution in [1.82, 2.24) is 0 Å². The Morgan fingerprint density at radius 1 is 1.62 bits per heavy atom. The molecule has 0 saturated carbocycles. The molecule has 0 aliphatic rings. The minimum absolute atomic E-state index is 0.218. The number of hydrogen-bond acceptors (Lipinski definition) is 2. The Morgan fingerprint density at radius 3 is 2.85 bits per heavy atom. The molecule has 0 heterocycles. The lowest BCUT2D eigenvalue weighted by Crippen LogP contribution is -2.22. The van der Waals surface area contributed by atoms with Crippen molar-refractivity contribution in [2.45, 2.75) is 13.0 Å². The van der Waals surface area contributed by atoms with E-state index in [-0.39, 0.29) is 5.75 Å². The minimum atomic E-state index is -1.08.